The van der Waals surface area contributed by atoms with Crippen LogP contribution in [0.5, 0.6) is 0 Å². The maximum Gasteiger partial charge on any atom is 0.408 e. The van der Waals surface area contributed by atoms with E-state index >= 15 is 0 Å². The van der Waals surface area contributed by atoms with Crippen LogP contribution in [0.15, 0.2) is 30.3 Å². The summed E-state index contributed by atoms with van der Waals surface area (Å²) >= 11 is 0. The molecule has 0 aliphatic heterocycles. The molecule has 1 aliphatic carbocycles. The molecule has 1 aromatic rings. The summed E-state index contributed by atoms with van der Waals surface area (Å²) < 4.78 is 5.33. The van der Waals surface area contributed by atoms with E-state index in [9.17, 15) is 14.7 Å². The van der Waals surface area contributed by atoms with Gasteiger partial charge < -0.3 is 15.2 Å². The van der Waals surface area contributed by atoms with Gasteiger partial charge in [0.05, 0.1) is 11.5 Å². The lowest BCUT2D eigenvalue weighted by Crippen LogP contribution is -2.46. The quantitative estimate of drug-likeness (QED) is 0.882. The number of benzene rings is 1. The van der Waals surface area contributed by atoms with Crippen molar-refractivity contribution in [1.29, 1.82) is 0 Å². The molecule has 1 aromatic carbocycles. The van der Waals surface area contributed by atoms with Crippen LogP contribution >= 0.6 is 0 Å². The maximum absolute atomic E-state index is 12.2. The number of ether oxygens (including phenoxy) is 1. The van der Waals surface area contributed by atoms with Crippen LogP contribution < -0.4 is 5.32 Å². The van der Waals surface area contributed by atoms with E-state index in [0.717, 1.165) is 18.4 Å². The molecule has 1 amide bonds. The van der Waals surface area contributed by atoms with Gasteiger partial charge in [-0.15, -0.1) is 0 Å². The molecule has 0 saturated heterocycles. The van der Waals surface area contributed by atoms with E-state index < -0.39 is 29.1 Å². The number of hydrogen-bond donors (Lipinski definition) is 2. The first kappa shape index (κ1) is 17.3. The van der Waals surface area contributed by atoms with Gasteiger partial charge in [-0.3, -0.25) is 4.79 Å². The van der Waals surface area contributed by atoms with Gasteiger partial charge in [0.1, 0.15) is 5.60 Å². The van der Waals surface area contributed by atoms with Gasteiger partial charge in [0, 0.05) is 0 Å². The van der Waals surface area contributed by atoms with E-state index in [4.69, 9.17) is 4.74 Å². The second-order valence-corrected chi connectivity index (χ2v) is 7.16. The van der Waals surface area contributed by atoms with E-state index in [1.54, 1.807) is 20.8 Å². The zero-order chi connectivity index (χ0) is 17.1. The van der Waals surface area contributed by atoms with Crippen molar-refractivity contribution in [3.05, 3.63) is 35.9 Å². The van der Waals surface area contributed by atoms with Gasteiger partial charge in [-0.05, 0) is 39.2 Å². The van der Waals surface area contributed by atoms with Crippen LogP contribution in [0.1, 0.15) is 58.1 Å². The summed E-state index contributed by atoms with van der Waals surface area (Å²) in [6.45, 7) is 5.35. The molecule has 0 heterocycles. The third-order valence-electron chi connectivity index (χ3n) is 4.27. The standard InChI is InChI=1S/C18H25NO4/c1-17(2,3)23-16(22)19-14(13-9-5-4-6-10-13)18(15(20)21)11-7-8-12-18/h4-6,9-10,14H,7-8,11-12H2,1-3H3,(H,19,22)(H,20,21). The number of amides is 1. The Kier molecular flexibility index (Phi) is 4.97. The first-order valence-electron chi connectivity index (χ1n) is 8.02. The molecule has 23 heavy (non-hydrogen) atoms. The Bertz CT molecular complexity index is 556. The Hall–Kier alpha value is -2.04. The third-order valence-corrected chi connectivity index (χ3v) is 4.27. The minimum atomic E-state index is -0.974. The molecule has 0 radical (unpaired) electrons. The molecule has 1 aliphatic rings. The Labute approximate surface area is 137 Å². The lowest BCUT2D eigenvalue weighted by atomic mass is 9.75. The number of rotatable bonds is 4. The normalized spacial score (nSPS) is 18.2. The van der Waals surface area contributed by atoms with Crippen LogP contribution in [-0.4, -0.2) is 22.8 Å². The highest BCUT2D eigenvalue weighted by Gasteiger charge is 2.49. The zero-order valence-corrected chi connectivity index (χ0v) is 14.0. The van der Waals surface area contributed by atoms with Crippen LogP contribution in [0.3, 0.4) is 0 Å². The Morgan fingerprint density at radius 2 is 1.74 bits per heavy atom. The van der Waals surface area contributed by atoms with Crippen molar-refractivity contribution < 1.29 is 19.4 Å². The van der Waals surface area contributed by atoms with Crippen molar-refractivity contribution in [1.82, 2.24) is 5.32 Å². The summed E-state index contributed by atoms with van der Waals surface area (Å²) in [5.41, 5.74) is -0.807. The second kappa shape index (κ2) is 6.60. The maximum atomic E-state index is 12.2. The first-order valence-corrected chi connectivity index (χ1v) is 8.02. The van der Waals surface area contributed by atoms with Crippen molar-refractivity contribution in [2.75, 3.05) is 0 Å². The largest absolute Gasteiger partial charge is 0.481 e. The van der Waals surface area contributed by atoms with E-state index in [1.165, 1.54) is 0 Å². The summed E-state index contributed by atoms with van der Waals surface area (Å²) in [5.74, 6) is -0.861. The van der Waals surface area contributed by atoms with Crippen LogP contribution in [0.4, 0.5) is 4.79 Å². The number of carboxylic acids is 1. The lowest BCUT2D eigenvalue weighted by molar-refractivity contribution is -0.150. The number of nitrogens with one attached hydrogen (secondary N) is 1. The molecule has 0 spiro atoms. The van der Waals surface area contributed by atoms with Crippen molar-refractivity contribution in [2.24, 2.45) is 5.41 Å². The smallest absolute Gasteiger partial charge is 0.408 e. The van der Waals surface area contributed by atoms with Gasteiger partial charge in [-0.1, -0.05) is 43.2 Å². The van der Waals surface area contributed by atoms with Crippen LogP contribution in [-0.2, 0) is 9.53 Å². The minimum absolute atomic E-state index is 0.553. The van der Waals surface area contributed by atoms with Crippen molar-refractivity contribution in [3.8, 4) is 0 Å². The second-order valence-electron chi connectivity index (χ2n) is 7.16. The van der Waals surface area contributed by atoms with Gasteiger partial charge in [-0.2, -0.15) is 0 Å². The fourth-order valence-corrected chi connectivity index (χ4v) is 3.24. The van der Waals surface area contributed by atoms with Gasteiger partial charge >= 0.3 is 12.1 Å². The lowest BCUT2D eigenvalue weighted by Gasteiger charge is -2.35. The molecule has 126 valence electrons. The average Bonchev–Trinajstić information content (AvgIpc) is 2.94. The van der Waals surface area contributed by atoms with Crippen molar-refractivity contribution >= 4 is 12.1 Å². The first-order chi connectivity index (χ1) is 10.7. The van der Waals surface area contributed by atoms with E-state index in [-0.39, 0.29) is 0 Å². The number of alkyl carbamates (subject to hydrolysis) is 1. The molecule has 0 bridgehead atoms. The summed E-state index contributed by atoms with van der Waals surface area (Å²) in [7, 11) is 0. The van der Waals surface area contributed by atoms with E-state index in [0.29, 0.717) is 12.8 Å². The van der Waals surface area contributed by atoms with Gasteiger partial charge in [0.25, 0.3) is 0 Å². The highest BCUT2D eigenvalue weighted by molar-refractivity contribution is 5.78. The molecule has 2 rings (SSSR count). The summed E-state index contributed by atoms with van der Waals surface area (Å²) in [6.07, 6.45) is 2.23. The number of carboxylic acid groups (broad SMARTS) is 1. The highest BCUT2D eigenvalue weighted by Crippen LogP contribution is 2.48. The topological polar surface area (TPSA) is 75.6 Å². The fourth-order valence-electron chi connectivity index (χ4n) is 3.24. The molecule has 5 heteroatoms. The average molecular weight is 319 g/mol. The van der Waals surface area contributed by atoms with Crippen molar-refractivity contribution in [2.45, 2.75) is 58.1 Å². The number of hydrogen-bond acceptors (Lipinski definition) is 3. The molecular formula is C18H25NO4. The number of carbonyl (C=O) groups excluding carboxylic acids is 1. The molecule has 1 atom stereocenters. The predicted octanol–water partition coefficient (Wildman–Crippen LogP) is 3.90. The van der Waals surface area contributed by atoms with Gasteiger partial charge in [0.2, 0.25) is 0 Å². The fraction of sp³-hybridized carbons (Fsp3) is 0.556. The molecule has 2 N–H and O–H groups in total. The number of aliphatic carboxylic acids is 1. The highest BCUT2D eigenvalue weighted by atomic mass is 16.6. The molecule has 0 aromatic heterocycles. The van der Waals surface area contributed by atoms with Crippen LogP contribution in [0, 0.1) is 5.41 Å². The molecule has 1 fully saturated rings. The van der Waals surface area contributed by atoms with E-state index in [2.05, 4.69) is 5.32 Å². The van der Waals surface area contributed by atoms with Gasteiger partial charge in [-0.25, -0.2) is 4.79 Å². The summed E-state index contributed by atoms with van der Waals surface area (Å²) in [5, 5.41) is 12.7. The van der Waals surface area contributed by atoms with Crippen LogP contribution in [0.2, 0.25) is 0 Å². The van der Waals surface area contributed by atoms with E-state index in [1.807, 2.05) is 30.3 Å². The Balaban J connectivity index is 2.33. The third kappa shape index (κ3) is 4.03. The minimum Gasteiger partial charge on any atom is -0.481 e. The van der Waals surface area contributed by atoms with Crippen LogP contribution in [0.25, 0.3) is 0 Å². The Morgan fingerprint density at radius 3 is 2.22 bits per heavy atom. The molecule has 1 saturated carbocycles. The predicted molar refractivity (Wildman–Crippen MR) is 87.1 cm³/mol. The Morgan fingerprint density at radius 1 is 1.17 bits per heavy atom. The molecule has 1 unspecified atom stereocenters. The molecular weight excluding hydrogens is 294 g/mol. The SMILES string of the molecule is CC(C)(C)OC(=O)NC(c1ccccc1)C1(C(=O)O)CCCC1. The summed E-state index contributed by atoms with van der Waals surface area (Å²) in [4.78, 5) is 24.3. The monoisotopic (exact) mass is 319 g/mol. The van der Waals surface area contributed by atoms with Gasteiger partial charge in [0.15, 0.2) is 0 Å². The zero-order valence-electron chi connectivity index (χ0n) is 14.0. The summed E-state index contributed by atoms with van der Waals surface area (Å²) in [6, 6.07) is 8.68. The molecule has 5 nitrogen and oxygen atoms in total. The number of carbonyl (C=O) groups is 2. The van der Waals surface area contributed by atoms with Crippen molar-refractivity contribution in [3.63, 3.8) is 0 Å².